The summed E-state index contributed by atoms with van der Waals surface area (Å²) in [6.45, 7) is 1.81. The van der Waals surface area contributed by atoms with E-state index in [0.29, 0.717) is 11.5 Å². The molecule has 1 aromatic carbocycles. The highest BCUT2D eigenvalue weighted by atomic mass is 15.1. The van der Waals surface area contributed by atoms with E-state index in [2.05, 4.69) is 34.4 Å². The summed E-state index contributed by atoms with van der Waals surface area (Å²) in [6.07, 6.45) is 1.01. The maximum Gasteiger partial charge on any atom is 0.149 e. The van der Waals surface area contributed by atoms with Crippen LogP contribution < -0.4 is 21.7 Å². The maximum atomic E-state index is 5.66. The number of para-hydroxylation sites is 1. The van der Waals surface area contributed by atoms with Gasteiger partial charge in [-0.1, -0.05) is 18.2 Å². The first kappa shape index (κ1) is 14.0. The molecule has 0 aliphatic carbocycles. The standard InChI is InChI=1S/C15H21N5/c1-20(12-6-3-2-4-7-12)11-5-10-18-14-9-8-13(16)15(17)19-14/h2-4,6-9H,5,10-11,16H2,1H3,(H3,17,18,19). The number of nitrogens with zero attached hydrogens (tertiary/aromatic N) is 2. The molecule has 20 heavy (non-hydrogen) atoms. The molecule has 0 radical (unpaired) electrons. The molecule has 0 spiro atoms. The number of benzene rings is 1. The highest BCUT2D eigenvalue weighted by Crippen LogP contribution is 2.15. The van der Waals surface area contributed by atoms with Crippen molar-refractivity contribution in [2.24, 2.45) is 0 Å². The molecule has 0 saturated carbocycles. The zero-order chi connectivity index (χ0) is 14.4. The molecule has 0 saturated heterocycles. The highest BCUT2D eigenvalue weighted by Gasteiger charge is 2.01. The quantitative estimate of drug-likeness (QED) is 0.702. The molecule has 0 aliphatic rings. The average Bonchev–Trinajstić information content (AvgIpc) is 2.48. The second kappa shape index (κ2) is 6.65. The number of pyridine rings is 1. The fourth-order valence-corrected chi connectivity index (χ4v) is 1.93. The summed E-state index contributed by atoms with van der Waals surface area (Å²) in [5, 5.41) is 3.25. The number of hydrogen-bond acceptors (Lipinski definition) is 5. The Bertz CT molecular complexity index is 541. The largest absolute Gasteiger partial charge is 0.396 e. The Morgan fingerprint density at radius 1 is 1.10 bits per heavy atom. The van der Waals surface area contributed by atoms with Gasteiger partial charge in [0.15, 0.2) is 0 Å². The van der Waals surface area contributed by atoms with Gasteiger partial charge in [-0.2, -0.15) is 0 Å². The minimum atomic E-state index is 0.372. The van der Waals surface area contributed by atoms with Crippen molar-refractivity contribution >= 4 is 23.0 Å². The van der Waals surface area contributed by atoms with Crippen LogP contribution in [0.25, 0.3) is 0 Å². The molecule has 0 aliphatic heterocycles. The zero-order valence-electron chi connectivity index (χ0n) is 11.7. The van der Waals surface area contributed by atoms with Crippen molar-refractivity contribution < 1.29 is 0 Å². The molecule has 5 N–H and O–H groups in total. The first-order valence-corrected chi connectivity index (χ1v) is 6.69. The average molecular weight is 271 g/mol. The minimum Gasteiger partial charge on any atom is -0.396 e. The maximum absolute atomic E-state index is 5.66. The smallest absolute Gasteiger partial charge is 0.149 e. The Labute approximate surface area is 119 Å². The number of nitrogen functional groups attached to an aromatic ring is 2. The number of aromatic nitrogens is 1. The Kier molecular flexibility index (Phi) is 4.65. The molecule has 1 aromatic heterocycles. The summed E-state index contributed by atoms with van der Waals surface area (Å²) in [6, 6.07) is 13.9. The van der Waals surface area contributed by atoms with Crippen molar-refractivity contribution in [3.8, 4) is 0 Å². The van der Waals surface area contributed by atoms with Gasteiger partial charge >= 0.3 is 0 Å². The summed E-state index contributed by atoms with van der Waals surface area (Å²) >= 11 is 0. The summed E-state index contributed by atoms with van der Waals surface area (Å²) in [4.78, 5) is 6.40. The van der Waals surface area contributed by atoms with Crippen molar-refractivity contribution in [2.45, 2.75) is 6.42 Å². The van der Waals surface area contributed by atoms with Gasteiger partial charge in [0.2, 0.25) is 0 Å². The van der Waals surface area contributed by atoms with Crippen LogP contribution in [-0.4, -0.2) is 25.1 Å². The van der Waals surface area contributed by atoms with Gasteiger partial charge in [-0.05, 0) is 30.7 Å². The number of anilines is 4. The van der Waals surface area contributed by atoms with Gasteiger partial charge in [-0.15, -0.1) is 0 Å². The predicted molar refractivity (Wildman–Crippen MR) is 85.9 cm³/mol. The van der Waals surface area contributed by atoms with Crippen LogP contribution in [0.15, 0.2) is 42.5 Å². The fourth-order valence-electron chi connectivity index (χ4n) is 1.93. The highest BCUT2D eigenvalue weighted by molar-refractivity contribution is 5.61. The van der Waals surface area contributed by atoms with E-state index < -0.39 is 0 Å². The van der Waals surface area contributed by atoms with Crippen molar-refractivity contribution in [3.05, 3.63) is 42.5 Å². The van der Waals surface area contributed by atoms with Gasteiger partial charge in [0.1, 0.15) is 11.6 Å². The molecule has 1 heterocycles. The van der Waals surface area contributed by atoms with Crippen molar-refractivity contribution in [1.82, 2.24) is 4.98 Å². The van der Waals surface area contributed by atoms with Gasteiger partial charge in [-0.3, -0.25) is 0 Å². The van der Waals surface area contributed by atoms with Crippen LogP contribution in [-0.2, 0) is 0 Å². The van der Waals surface area contributed by atoms with Crippen LogP contribution in [0, 0.1) is 0 Å². The van der Waals surface area contributed by atoms with Gasteiger partial charge in [0.05, 0.1) is 5.69 Å². The first-order chi connectivity index (χ1) is 9.66. The normalized spacial score (nSPS) is 10.2. The molecule has 106 valence electrons. The van der Waals surface area contributed by atoms with Crippen LogP contribution >= 0.6 is 0 Å². The molecular formula is C15H21N5. The molecule has 2 rings (SSSR count). The van der Waals surface area contributed by atoms with Crippen LogP contribution in [0.5, 0.6) is 0 Å². The zero-order valence-corrected chi connectivity index (χ0v) is 11.7. The second-order valence-electron chi connectivity index (χ2n) is 4.71. The molecule has 0 bridgehead atoms. The predicted octanol–water partition coefficient (Wildman–Crippen LogP) is 2.18. The Morgan fingerprint density at radius 2 is 1.85 bits per heavy atom. The van der Waals surface area contributed by atoms with Crippen molar-refractivity contribution in [2.75, 3.05) is 41.8 Å². The monoisotopic (exact) mass is 271 g/mol. The SMILES string of the molecule is CN(CCCNc1ccc(N)c(N)n1)c1ccccc1. The van der Waals surface area contributed by atoms with Gasteiger partial charge in [0, 0.05) is 25.8 Å². The lowest BCUT2D eigenvalue weighted by molar-refractivity contribution is 0.814. The Hall–Kier alpha value is -2.43. The van der Waals surface area contributed by atoms with E-state index in [1.54, 1.807) is 6.07 Å². The van der Waals surface area contributed by atoms with E-state index >= 15 is 0 Å². The lowest BCUT2D eigenvalue weighted by Gasteiger charge is -2.19. The third-order valence-corrected chi connectivity index (χ3v) is 3.13. The van der Waals surface area contributed by atoms with E-state index in [1.165, 1.54) is 5.69 Å². The molecule has 2 aromatic rings. The molecule has 5 heteroatoms. The molecule has 0 atom stereocenters. The van der Waals surface area contributed by atoms with E-state index in [9.17, 15) is 0 Å². The summed E-state index contributed by atoms with van der Waals surface area (Å²) in [5.41, 5.74) is 13.0. The molecule has 0 fully saturated rings. The minimum absolute atomic E-state index is 0.372. The van der Waals surface area contributed by atoms with Gasteiger partial charge in [-0.25, -0.2) is 4.98 Å². The molecule has 5 nitrogen and oxygen atoms in total. The van der Waals surface area contributed by atoms with Gasteiger partial charge in [0.25, 0.3) is 0 Å². The summed E-state index contributed by atoms with van der Waals surface area (Å²) < 4.78 is 0. The topological polar surface area (TPSA) is 80.2 Å². The first-order valence-electron chi connectivity index (χ1n) is 6.69. The lowest BCUT2D eigenvalue weighted by atomic mass is 10.3. The van der Waals surface area contributed by atoms with Crippen LogP contribution in [0.2, 0.25) is 0 Å². The second-order valence-corrected chi connectivity index (χ2v) is 4.71. The number of nitrogens with one attached hydrogen (secondary N) is 1. The number of rotatable bonds is 6. The molecule has 0 amide bonds. The molecule has 0 unspecified atom stereocenters. The Morgan fingerprint density at radius 3 is 2.55 bits per heavy atom. The summed E-state index contributed by atoms with van der Waals surface area (Å²) in [7, 11) is 2.09. The number of hydrogen-bond donors (Lipinski definition) is 3. The van der Waals surface area contributed by atoms with E-state index in [4.69, 9.17) is 11.5 Å². The third kappa shape index (κ3) is 3.78. The number of nitrogens with two attached hydrogens (primary N) is 2. The summed E-state index contributed by atoms with van der Waals surface area (Å²) in [5.74, 6) is 1.13. The van der Waals surface area contributed by atoms with Gasteiger partial charge < -0.3 is 21.7 Å². The van der Waals surface area contributed by atoms with Crippen LogP contribution in [0.4, 0.5) is 23.0 Å². The van der Waals surface area contributed by atoms with Crippen LogP contribution in [0.1, 0.15) is 6.42 Å². The van der Waals surface area contributed by atoms with E-state index in [1.807, 2.05) is 24.3 Å². The molecular weight excluding hydrogens is 250 g/mol. The van der Waals surface area contributed by atoms with Crippen LogP contribution in [0.3, 0.4) is 0 Å². The lowest BCUT2D eigenvalue weighted by Crippen LogP contribution is -2.20. The third-order valence-electron chi connectivity index (χ3n) is 3.13. The van der Waals surface area contributed by atoms with Crippen molar-refractivity contribution in [3.63, 3.8) is 0 Å². The van der Waals surface area contributed by atoms with E-state index in [-0.39, 0.29) is 0 Å². The fraction of sp³-hybridized carbons (Fsp3) is 0.267. The Balaban J connectivity index is 1.75. The van der Waals surface area contributed by atoms with Crippen molar-refractivity contribution in [1.29, 1.82) is 0 Å². The van der Waals surface area contributed by atoms with E-state index in [0.717, 1.165) is 25.3 Å².